The minimum atomic E-state index is 0.726. The molecule has 0 aliphatic heterocycles. The van der Waals surface area contributed by atoms with Crippen molar-refractivity contribution in [2.45, 2.75) is 18.8 Å². The van der Waals surface area contributed by atoms with Crippen LogP contribution in [0.4, 0.5) is 0 Å². The van der Waals surface area contributed by atoms with Gasteiger partial charge in [-0.05, 0) is 37.1 Å². The predicted octanol–water partition coefficient (Wildman–Crippen LogP) is 2.51. The van der Waals surface area contributed by atoms with Crippen molar-refractivity contribution in [1.82, 2.24) is 9.97 Å². The number of pyridine rings is 2. The van der Waals surface area contributed by atoms with Gasteiger partial charge in [0.2, 0.25) is 0 Å². The number of hydrogen-bond acceptors (Lipinski definition) is 2. The minimum Gasteiger partial charge on any atom is -0.255 e. The zero-order chi connectivity index (χ0) is 8.67. The molecule has 0 saturated heterocycles. The van der Waals surface area contributed by atoms with Crippen LogP contribution >= 0.6 is 0 Å². The second-order valence-corrected chi connectivity index (χ2v) is 3.55. The first-order valence-electron chi connectivity index (χ1n) is 4.65. The molecule has 3 rings (SSSR count). The van der Waals surface area contributed by atoms with Crippen LogP contribution in [0.3, 0.4) is 0 Å². The van der Waals surface area contributed by atoms with Gasteiger partial charge < -0.3 is 0 Å². The highest BCUT2D eigenvalue weighted by atomic mass is 14.8. The molecule has 1 saturated carbocycles. The molecule has 0 unspecified atom stereocenters. The fourth-order valence-electron chi connectivity index (χ4n) is 1.58. The Hall–Kier alpha value is -1.44. The molecular formula is C11H10N2. The summed E-state index contributed by atoms with van der Waals surface area (Å²) in [7, 11) is 0. The molecule has 0 aromatic carbocycles. The standard InChI is InChI=1S/C11H10N2/c1-2-11-10(12-7-1)6-5-9(13-11)8-3-4-8/h1-2,5-8H,3-4H2. The Morgan fingerprint density at radius 1 is 1.08 bits per heavy atom. The van der Waals surface area contributed by atoms with Gasteiger partial charge in [0.05, 0.1) is 11.0 Å². The van der Waals surface area contributed by atoms with E-state index in [0.29, 0.717) is 0 Å². The van der Waals surface area contributed by atoms with Crippen molar-refractivity contribution >= 4 is 11.0 Å². The number of fused-ring (bicyclic) bond motifs is 1. The van der Waals surface area contributed by atoms with E-state index in [0.717, 1.165) is 17.0 Å². The number of nitrogens with zero attached hydrogens (tertiary/aromatic N) is 2. The normalized spacial score (nSPS) is 16.3. The molecule has 0 spiro atoms. The zero-order valence-electron chi connectivity index (χ0n) is 7.27. The van der Waals surface area contributed by atoms with E-state index in [1.54, 1.807) is 6.20 Å². The van der Waals surface area contributed by atoms with Crippen LogP contribution in [-0.2, 0) is 0 Å². The molecule has 64 valence electrons. The van der Waals surface area contributed by atoms with Crippen LogP contribution in [0, 0.1) is 0 Å². The third-order valence-corrected chi connectivity index (χ3v) is 2.47. The molecular weight excluding hydrogens is 160 g/mol. The fourth-order valence-corrected chi connectivity index (χ4v) is 1.58. The van der Waals surface area contributed by atoms with E-state index < -0.39 is 0 Å². The van der Waals surface area contributed by atoms with Crippen LogP contribution in [0.5, 0.6) is 0 Å². The maximum atomic E-state index is 4.57. The Bertz CT molecular complexity index is 447. The lowest BCUT2D eigenvalue weighted by atomic mass is 10.2. The van der Waals surface area contributed by atoms with Crippen molar-refractivity contribution < 1.29 is 0 Å². The summed E-state index contributed by atoms with van der Waals surface area (Å²) >= 11 is 0. The Morgan fingerprint density at radius 2 is 2.00 bits per heavy atom. The Labute approximate surface area is 76.6 Å². The molecule has 1 fully saturated rings. The summed E-state index contributed by atoms with van der Waals surface area (Å²) in [5.74, 6) is 0.726. The van der Waals surface area contributed by atoms with Gasteiger partial charge in [0.15, 0.2) is 0 Å². The summed E-state index contributed by atoms with van der Waals surface area (Å²) in [5, 5.41) is 0. The summed E-state index contributed by atoms with van der Waals surface area (Å²) in [6.45, 7) is 0. The first-order valence-corrected chi connectivity index (χ1v) is 4.65. The third-order valence-electron chi connectivity index (χ3n) is 2.47. The Morgan fingerprint density at radius 3 is 2.85 bits per heavy atom. The summed E-state index contributed by atoms with van der Waals surface area (Å²) in [6, 6.07) is 8.13. The van der Waals surface area contributed by atoms with Crippen molar-refractivity contribution in [2.24, 2.45) is 0 Å². The fraction of sp³-hybridized carbons (Fsp3) is 0.273. The van der Waals surface area contributed by atoms with Gasteiger partial charge in [0.1, 0.15) is 0 Å². The SMILES string of the molecule is c1cnc2ccc(C3CC3)nc2c1. The Balaban J connectivity index is 2.21. The van der Waals surface area contributed by atoms with Crippen molar-refractivity contribution in [1.29, 1.82) is 0 Å². The molecule has 2 heterocycles. The molecule has 2 nitrogen and oxygen atoms in total. The Kier molecular flexibility index (Phi) is 1.36. The molecule has 0 amide bonds. The topological polar surface area (TPSA) is 25.8 Å². The zero-order valence-corrected chi connectivity index (χ0v) is 7.27. The van der Waals surface area contributed by atoms with Crippen molar-refractivity contribution in [3.05, 3.63) is 36.2 Å². The summed E-state index contributed by atoms with van der Waals surface area (Å²) in [6.07, 6.45) is 4.42. The lowest BCUT2D eigenvalue weighted by Gasteiger charge is -1.99. The molecule has 1 aliphatic rings. The van der Waals surface area contributed by atoms with E-state index >= 15 is 0 Å². The molecule has 0 atom stereocenters. The molecule has 2 heteroatoms. The van der Waals surface area contributed by atoms with Gasteiger partial charge in [-0.3, -0.25) is 9.97 Å². The summed E-state index contributed by atoms with van der Waals surface area (Å²) < 4.78 is 0. The van der Waals surface area contributed by atoms with Crippen molar-refractivity contribution in [3.8, 4) is 0 Å². The third kappa shape index (κ3) is 1.18. The predicted molar refractivity (Wildman–Crippen MR) is 51.5 cm³/mol. The first kappa shape index (κ1) is 7.01. The van der Waals surface area contributed by atoms with Gasteiger partial charge in [0, 0.05) is 17.8 Å². The van der Waals surface area contributed by atoms with Gasteiger partial charge >= 0.3 is 0 Å². The smallest absolute Gasteiger partial charge is 0.0890 e. The highest BCUT2D eigenvalue weighted by molar-refractivity contribution is 5.73. The maximum Gasteiger partial charge on any atom is 0.0890 e. The number of aromatic nitrogens is 2. The quantitative estimate of drug-likeness (QED) is 0.657. The molecule has 0 N–H and O–H groups in total. The monoisotopic (exact) mass is 170 g/mol. The van der Waals surface area contributed by atoms with Crippen LogP contribution in [0.2, 0.25) is 0 Å². The largest absolute Gasteiger partial charge is 0.255 e. The molecule has 2 aromatic heterocycles. The van der Waals surface area contributed by atoms with Gasteiger partial charge in [-0.1, -0.05) is 0 Å². The average molecular weight is 170 g/mol. The number of rotatable bonds is 1. The van der Waals surface area contributed by atoms with Crippen LogP contribution in [-0.4, -0.2) is 9.97 Å². The average Bonchev–Trinajstić information content (AvgIpc) is 3.00. The van der Waals surface area contributed by atoms with Crippen molar-refractivity contribution in [3.63, 3.8) is 0 Å². The highest BCUT2D eigenvalue weighted by Gasteiger charge is 2.24. The summed E-state index contributed by atoms with van der Waals surface area (Å²) in [5.41, 5.74) is 3.25. The van der Waals surface area contributed by atoms with Gasteiger partial charge in [-0.2, -0.15) is 0 Å². The lowest BCUT2D eigenvalue weighted by molar-refractivity contribution is 1.04. The second-order valence-electron chi connectivity index (χ2n) is 3.55. The van der Waals surface area contributed by atoms with E-state index in [1.807, 2.05) is 12.1 Å². The van der Waals surface area contributed by atoms with Gasteiger partial charge in [0.25, 0.3) is 0 Å². The van der Waals surface area contributed by atoms with E-state index in [2.05, 4.69) is 22.1 Å². The number of hydrogen-bond donors (Lipinski definition) is 0. The highest BCUT2D eigenvalue weighted by Crippen LogP contribution is 2.39. The van der Waals surface area contributed by atoms with E-state index in [1.165, 1.54) is 18.5 Å². The van der Waals surface area contributed by atoms with Crippen molar-refractivity contribution in [2.75, 3.05) is 0 Å². The molecule has 1 aliphatic carbocycles. The lowest BCUT2D eigenvalue weighted by Crippen LogP contribution is -1.88. The van der Waals surface area contributed by atoms with Crippen LogP contribution < -0.4 is 0 Å². The van der Waals surface area contributed by atoms with Crippen LogP contribution in [0.1, 0.15) is 24.5 Å². The maximum absolute atomic E-state index is 4.57. The van der Waals surface area contributed by atoms with Crippen LogP contribution in [0.25, 0.3) is 11.0 Å². The van der Waals surface area contributed by atoms with E-state index in [4.69, 9.17) is 0 Å². The van der Waals surface area contributed by atoms with E-state index in [-0.39, 0.29) is 0 Å². The molecule has 0 radical (unpaired) electrons. The minimum absolute atomic E-state index is 0.726. The van der Waals surface area contributed by atoms with E-state index in [9.17, 15) is 0 Å². The van der Waals surface area contributed by atoms with Gasteiger partial charge in [-0.15, -0.1) is 0 Å². The first-order chi connectivity index (χ1) is 6.43. The molecule has 13 heavy (non-hydrogen) atoms. The second kappa shape index (κ2) is 2.52. The molecule has 2 aromatic rings. The molecule has 0 bridgehead atoms. The van der Waals surface area contributed by atoms with Gasteiger partial charge in [-0.25, -0.2) is 0 Å². The van der Waals surface area contributed by atoms with Crippen LogP contribution in [0.15, 0.2) is 30.5 Å². The summed E-state index contributed by atoms with van der Waals surface area (Å²) in [4.78, 5) is 8.81.